The summed E-state index contributed by atoms with van der Waals surface area (Å²) in [5.74, 6) is 0. The minimum Gasteiger partial charge on any atom is -0.379 e. The van der Waals surface area contributed by atoms with Gasteiger partial charge in [-0.25, -0.2) is 0 Å². The highest BCUT2D eigenvalue weighted by Crippen LogP contribution is 1.56. The van der Waals surface area contributed by atoms with Crippen LogP contribution in [0, 0.1) is 7.11 Å². The van der Waals surface area contributed by atoms with Gasteiger partial charge in [-0.1, -0.05) is 7.43 Å². The Morgan fingerprint density at radius 3 is 2.00 bits per heavy atom. The highest BCUT2D eigenvalue weighted by atomic mass is 27.0. The quantitative estimate of drug-likeness (QED) is 0.456. The fourth-order valence-corrected chi connectivity index (χ4v) is 0. The monoisotopic (exact) mass is 104 g/mol. The molecule has 0 N–H and O–H groups in total. The Hall–Kier alpha value is 0.492. The first-order valence-corrected chi connectivity index (χ1v) is 1.28. The summed E-state index contributed by atoms with van der Waals surface area (Å²) in [6, 6.07) is 0. The molecule has 6 heavy (non-hydrogen) atoms. The van der Waals surface area contributed by atoms with Crippen LogP contribution in [-0.4, -0.2) is 24.0 Å². The van der Waals surface area contributed by atoms with Gasteiger partial charge in [0.1, 0.15) is 0 Å². The third-order valence-electron chi connectivity index (χ3n) is 0.204. The molecule has 0 aromatic rings. The number of ether oxygens (including phenoxy) is 1. The predicted molar refractivity (Wildman–Crippen MR) is 31.6 cm³/mol. The van der Waals surface area contributed by atoms with E-state index >= 15 is 0 Å². The second-order valence-electron chi connectivity index (χ2n) is 0.493. The molecule has 0 aliphatic rings. The van der Waals surface area contributed by atoms with Gasteiger partial charge < -0.3 is 4.74 Å². The van der Waals surface area contributed by atoms with Crippen molar-refractivity contribution in [1.29, 1.82) is 0 Å². The van der Waals surface area contributed by atoms with Gasteiger partial charge >= 0.3 is 0 Å². The lowest BCUT2D eigenvalue weighted by atomic mass is 10.9. The lowest BCUT2D eigenvalue weighted by molar-refractivity contribution is 0.261. The molecule has 38 valence electrons. The summed E-state index contributed by atoms with van der Waals surface area (Å²) in [4.78, 5) is 0. The van der Waals surface area contributed by atoms with Gasteiger partial charge in [-0.15, -0.1) is 0 Å². The second-order valence-corrected chi connectivity index (χ2v) is 0.493. The molecule has 0 amide bonds. The molecule has 0 aliphatic carbocycles. The largest absolute Gasteiger partial charge is 0.379 e. The number of hydrogen-bond donors (Lipinski definition) is 0. The molecule has 0 aliphatic heterocycles. The lowest BCUT2D eigenvalue weighted by Gasteiger charge is -1.75. The van der Waals surface area contributed by atoms with Crippen LogP contribution >= 0.6 is 0 Å². The molecular formula is C4H13AlO. The van der Waals surface area contributed by atoms with Crippen molar-refractivity contribution in [3.05, 3.63) is 7.11 Å². The number of rotatable bonds is 1. The Kier molecular flexibility index (Phi) is 47.8. The van der Waals surface area contributed by atoms with Crippen LogP contribution in [0.4, 0.5) is 0 Å². The molecule has 0 aromatic heterocycles. The van der Waals surface area contributed by atoms with Crippen molar-refractivity contribution >= 4 is 17.4 Å². The van der Waals surface area contributed by atoms with E-state index in [9.17, 15) is 0 Å². The van der Waals surface area contributed by atoms with Gasteiger partial charge in [0.25, 0.3) is 0 Å². The van der Waals surface area contributed by atoms with Gasteiger partial charge in [0, 0.05) is 25.4 Å². The first-order chi connectivity index (χ1) is 1.91. The minimum absolute atomic E-state index is 0. The molecule has 0 atom stereocenters. The van der Waals surface area contributed by atoms with E-state index in [1.54, 1.807) is 0 Å². The summed E-state index contributed by atoms with van der Waals surface area (Å²) in [6.45, 7) is 2.60. The van der Waals surface area contributed by atoms with Crippen molar-refractivity contribution in [3.8, 4) is 0 Å². The lowest BCUT2D eigenvalue weighted by Crippen LogP contribution is -1.69. The van der Waals surface area contributed by atoms with E-state index in [0.29, 0.717) is 6.61 Å². The highest BCUT2D eigenvalue weighted by Gasteiger charge is 1.52. The molecule has 2 heteroatoms. The molecule has 0 unspecified atom stereocenters. The van der Waals surface area contributed by atoms with Crippen LogP contribution in [0.15, 0.2) is 0 Å². The minimum atomic E-state index is 0. The van der Waals surface area contributed by atoms with Gasteiger partial charge in [0.15, 0.2) is 0 Å². The smallest absolute Gasteiger partial charge is 0.0700 e. The third-order valence-corrected chi connectivity index (χ3v) is 0.204. The molecule has 0 rings (SSSR count). The summed E-state index contributed by atoms with van der Waals surface area (Å²) < 4.78 is 4.29. The molecule has 0 heterocycles. The van der Waals surface area contributed by atoms with Crippen molar-refractivity contribution in [2.24, 2.45) is 0 Å². The third kappa shape index (κ3) is 24.6. The second kappa shape index (κ2) is 17.8. The van der Waals surface area contributed by atoms with E-state index < -0.39 is 0 Å². The molecular weight excluding hydrogens is 91.0 g/mol. The van der Waals surface area contributed by atoms with Gasteiger partial charge in [0.05, 0.1) is 7.11 Å². The van der Waals surface area contributed by atoms with Crippen molar-refractivity contribution in [1.82, 2.24) is 0 Å². The van der Waals surface area contributed by atoms with E-state index in [4.69, 9.17) is 0 Å². The molecule has 0 spiro atoms. The van der Waals surface area contributed by atoms with Crippen molar-refractivity contribution in [3.63, 3.8) is 0 Å². The van der Waals surface area contributed by atoms with E-state index in [-0.39, 0.29) is 26.2 Å². The molecule has 0 saturated carbocycles. The van der Waals surface area contributed by atoms with Crippen LogP contribution in [0.25, 0.3) is 0 Å². The zero-order chi connectivity index (χ0) is 3.41. The summed E-state index contributed by atoms with van der Waals surface area (Å²) in [5, 5.41) is 0. The first-order valence-electron chi connectivity index (χ1n) is 1.28. The van der Waals surface area contributed by atoms with Crippen molar-refractivity contribution < 1.29 is 6.16 Å². The summed E-state index contributed by atoms with van der Waals surface area (Å²) in [7, 11) is 3.10. The van der Waals surface area contributed by atoms with Crippen LogP contribution in [-0.2, 0) is 4.74 Å². The average Bonchev–Trinajstić information content (AvgIpc) is 1.37. The molecule has 1 nitrogen and oxygen atoms in total. The maximum atomic E-state index is 4.29. The SMILES string of the molecule is C.[Al].[CH2]OCC.[HH]. The fourth-order valence-electron chi connectivity index (χ4n) is 0. The Bertz CT molecular complexity index is 13.7. The van der Waals surface area contributed by atoms with E-state index in [1.165, 1.54) is 0 Å². The van der Waals surface area contributed by atoms with Gasteiger partial charge in [-0.05, 0) is 6.92 Å². The molecule has 0 bridgehead atoms. The van der Waals surface area contributed by atoms with E-state index in [2.05, 4.69) is 11.8 Å². The Balaban J connectivity index is -0.0000000150. The predicted octanol–water partition coefficient (Wildman–Crippen LogP) is 1.32. The zero-order valence-electron chi connectivity index (χ0n) is 3.40. The maximum Gasteiger partial charge on any atom is 0.0700 e. The number of hydrogen-bond acceptors (Lipinski definition) is 1. The average molecular weight is 104 g/mol. The highest BCUT2D eigenvalue weighted by molar-refractivity contribution is 5.75. The molecule has 0 aromatic carbocycles. The Morgan fingerprint density at radius 2 is 2.00 bits per heavy atom. The fraction of sp³-hybridized carbons (Fsp3) is 0.750. The maximum absolute atomic E-state index is 4.29. The zero-order valence-corrected chi connectivity index (χ0v) is 4.55. The van der Waals surface area contributed by atoms with Crippen LogP contribution in [0.3, 0.4) is 0 Å². The van der Waals surface area contributed by atoms with Crippen LogP contribution in [0.5, 0.6) is 0 Å². The van der Waals surface area contributed by atoms with E-state index in [1.807, 2.05) is 6.92 Å². The van der Waals surface area contributed by atoms with E-state index in [0.717, 1.165) is 0 Å². The van der Waals surface area contributed by atoms with Gasteiger partial charge in [-0.3, -0.25) is 0 Å². The van der Waals surface area contributed by atoms with Crippen LogP contribution < -0.4 is 0 Å². The van der Waals surface area contributed by atoms with Crippen LogP contribution in [0.1, 0.15) is 15.8 Å². The molecule has 0 fully saturated rings. The van der Waals surface area contributed by atoms with Crippen molar-refractivity contribution in [2.45, 2.75) is 14.4 Å². The Morgan fingerprint density at radius 1 is 1.83 bits per heavy atom. The van der Waals surface area contributed by atoms with Gasteiger partial charge in [0.2, 0.25) is 0 Å². The summed E-state index contributed by atoms with van der Waals surface area (Å²) >= 11 is 0. The summed E-state index contributed by atoms with van der Waals surface area (Å²) in [6.07, 6.45) is 0. The summed E-state index contributed by atoms with van der Waals surface area (Å²) in [5.41, 5.74) is 0. The normalized spacial score (nSPS) is 5.00. The molecule has 4 radical (unpaired) electrons. The molecule has 0 saturated heterocycles. The standard InChI is InChI=1S/C3H7O.CH4.Al.H2/c1-3-4-2;;;/h2-3H2,1H3;1H4;;1H. The Labute approximate surface area is 52.3 Å². The van der Waals surface area contributed by atoms with Crippen LogP contribution in [0.2, 0.25) is 0 Å². The van der Waals surface area contributed by atoms with Gasteiger partial charge in [-0.2, -0.15) is 0 Å². The van der Waals surface area contributed by atoms with Crippen molar-refractivity contribution in [2.75, 3.05) is 6.61 Å². The first kappa shape index (κ1) is 16.1. The topological polar surface area (TPSA) is 9.23 Å².